The standard InChI is InChI=1S/C19H29N3O2/c1-19(2)14-4-3-13(15(19)9-14)10-21-17(23)16-11-24-18(22-16)12-5-7-20-8-6-12/h11-15,20H,3-10H2,1-2H3,(H,21,23). The summed E-state index contributed by atoms with van der Waals surface area (Å²) in [5.74, 6) is 3.26. The number of amides is 1. The zero-order chi connectivity index (χ0) is 16.7. The molecule has 24 heavy (non-hydrogen) atoms. The average molecular weight is 331 g/mol. The number of nitrogens with zero attached hydrogens (tertiary/aromatic N) is 1. The van der Waals surface area contributed by atoms with E-state index in [0.29, 0.717) is 22.9 Å². The number of rotatable bonds is 4. The normalized spacial score (nSPS) is 32.2. The molecule has 2 heterocycles. The second-order valence-electron chi connectivity index (χ2n) is 8.50. The Morgan fingerprint density at radius 1 is 1.33 bits per heavy atom. The van der Waals surface area contributed by atoms with Gasteiger partial charge in [-0.1, -0.05) is 13.8 Å². The molecule has 1 saturated heterocycles. The number of fused-ring (bicyclic) bond motifs is 2. The Kier molecular flexibility index (Phi) is 4.15. The summed E-state index contributed by atoms with van der Waals surface area (Å²) in [4.78, 5) is 16.9. The monoisotopic (exact) mass is 331 g/mol. The lowest BCUT2D eigenvalue weighted by Gasteiger charge is -2.60. The van der Waals surface area contributed by atoms with E-state index in [9.17, 15) is 4.79 Å². The fraction of sp³-hybridized carbons (Fsp3) is 0.789. The summed E-state index contributed by atoms with van der Waals surface area (Å²) in [6, 6.07) is 0. The number of hydrogen-bond donors (Lipinski definition) is 2. The molecule has 5 heteroatoms. The van der Waals surface area contributed by atoms with Crippen molar-refractivity contribution in [2.24, 2.45) is 23.2 Å². The van der Waals surface area contributed by atoms with Crippen molar-refractivity contribution in [2.75, 3.05) is 19.6 Å². The molecule has 5 rings (SSSR count). The first-order chi connectivity index (χ1) is 11.6. The van der Waals surface area contributed by atoms with E-state index in [0.717, 1.165) is 50.2 Å². The van der Waals surface area contributed by atoms with Gasteiger partial charge in [-0.2, -0.15) is 0 Å². The Balaban J connectivity index is 1.32. The number of carbonyl (C=O) groups excluding carboxylic acids is 1. The molecular formula is C19H29N3O2. The van der Waals surface area contributed by atoms with Crippen molar-refractivity contribution in [3.63, 3.8) is 0 Å². The van der Waals surface area contributed by atoms with E-state index in [-0.39, 0.29) is 5.91 Å². The lowest BCUT2D eigenvalue weighted by molar-refractivity contribution is -0.103. The summed E-state index contributed by atoms with van der Waals surface area (Å²) >= 11 is 0. The van der Waals surface area contributed by atoms with Crippen molar-refractivity contribution in [2.45, 2.75) is 51.9 Å². The second-order valence-corrected chi connectivity index (χ2v) is 8.50. The highest BCUT2D eigenvalue weighted by atomic mass is 16.3. The summed E-state index contributed by atoms with van der Waals surface area (Å²) < 4.78 is 5.58. The van der Waals surface area contributed by atoms with Crippen molar-refractivity contribution in [1.29, 1.82) is 0 Å². The maximum atomic E-state index is 12.4. The van der Waals surface area contributed by atoms with E-state index in [2.05, 4.69) is 29.5 Å². The Hall–Kier alpha value is -1.36. The number of piperidine rings is 1. The van der Waals surface area contributed by atoms with Crippen LogP contribution in [-0.2, 0) is 0 Å². The molecule has 1 amide bonds. The summed E-state index contributed by atoms with van der Waals surface area (Å²) in [5, 5.41) is 6.44. The highest BCUT2D eigenvalue weighted by Gasteiger charge is 2.53. The molecule has 1 aromatic heterocycles. The minimum absolute atomic E-state index is 0.0850. The highest BCUT2D eigenvalue weighted by molar-refractivity contribution is 5.91. The number of hydrogen-bond acceptors (Lipinski definition) is 4. The van der Waals surface area contributed by atoms with Crippen LogP contribution in [0, 0.1) is 23.2 Å². The highest BCUT2D eigenvalue weighted by Crippen LogP contribution is 2.61. The third kappa shape index (κ3) is 2.77. The molecular weight excluding hydrogens is 302 g/mol. The SMILES string of the molecule is CC1(C)C2CCC(CNC(=O)c3coc(C4CCNCC4)n3)C1C2. The summed E-state index contributed by atoms with van der Waals surface area (Å²) in [7, 11) is 0. The van der Waals surface area contributed by atoms with Crippen molar-refractivity contribution < 1.29 is 9.21 Å². The molecule has 132 valence electrons. The van der Waals surface area contributed by atoms with Crippen molar-refractivity contribution in [1.82, 2.24) is 15.6 Å². The van der Waals surface area contributed by atoms with Crippen LogP contribution in [0.15, 0.2) is 10.7 Å². The maximum Gasteiger partial charge on any atom is 0.273 e. The van der Waals surface area contributed by atoms with Gasteiger partial charge in [0.05, 0.1) is 0 Å². The first-order valence-corrected chi connectivity index (χ1v) is 9.50. The molecule has 2 bridgehead atoms. The van der Waals surface area contributed by atoms with Gasteiger partial charge in [-0.05, 0) is 68.4 Å². The molecule has 0 radical (unpaired) electrons. The molecule has 5 nitrogen and oxygen atoms in total. The molecule has 2 N–H and O–H groups in total. The van der Waals surface area contributed by atoms with Gasteiger partial charge in [-0.15, -0.1) is 0 Å². The van der Waals surface area contributed by atoms with E-state index >= 15 is 0 Å². The predicted molar refractivity (Wildman–Crippen MR) is 91.8 cm³/mol. The summed E-state index contributed by atoms with van der Waals surface area (Å²) in [6.07, 6.45) is 7.49. The van der Waals surface area contributed by atoms with Gasteiger partial charge in [0.2, 0.25) is 0 Å². The van der Waals surface area contributed by atoms with Crippen LogP contribution in [0.1, 0.15) is 68.2 Å². The summed E-state index contributed by atoms with van der Waals surface area (Å²) in [6.45, 7) is 7.55. The number of oxazole rings is 1. The molecule has 4 aliphatic rings. The average Bonchev–Trinajstić information content (AvgIpc) is 3.10. The fourth-order valence-electron chi connectivity index (χ4n) is 5.17. The van der Waals surface area contributed by atoms with Gasteiger partial charge < -0.3 is 15.1 Å². The largest absolute Gasteiger partial charge is 0.448 e. The van der Waals surface area contributed by atoms with Crippen LogP contribution in [0.4, 0.5) is 0 Å². The second kappa shape index (κ2) is 6.17. The van der Waals surface area contributed by atoms with Crippen LogP contribution >= 0.6 is 0 Å². The van der Waals surface area contributed by atoms with Crippen LogP contribution in [0.5, 0.6) is 0 Å². The Bertz CT molecular complexity index is 602. The molecule has 3 aliphatic carbocycles. The van der Waals surface area contributed by atoms with Crippen LogP contribution in [0.2, 0.25) is 0 Å². The quantitative estimate of drug-likeness (QED) is 0.890. The minimum atomic E-state index is -0.0850. The molecule has 4 fully saturated rings. The van der Waals surface area contributed by atoms with Crippen LogP contribution in [-0.4, -0.2) is 30.5 Å². The molecule has 1 aromatic rings. The van der Waals surface area contributed by atoms with E-state index in [4.69, 9.17) is 4.42 Å². The van der Waals surface area contributed by atoms with Crippen molar-refractivity contribution in [3.05, 3.63) is 17.8 Å². The predicted octanol–water partition coefficient (Wildman–Crippen LogP) is 2.94. The lowest BCUT2D eigenvalue weighted by Crippen LogP contribution is -2.54. The molecule has 0 spiro atoms. The first kappa shape index (κ1) is 16.1. The third-order valence-corrected chi connectivity index (χ3v) is 6.97. The smallest absolute Gasteiger partial charge is 0.273 e. The maximum absolute atomic E-state index is 12.4. The van der Waals surface area contributed by atoms with Crippen LogP contribution in [0.3, 0.4) is 0 Å². The van der Waals surface area contributed by atoms with E-state index in [1.807, 2.05) is 0 Å². The summed E-state index contributed by atoms with van der Waals surface area (Å²) in [5.41, 5.74) is 0.897. The zero-order valence-electron chi connectivity index (χ0n) is 14.8. The molecule has 3 unspecified atom stereocenters. The van der Waals surface area contributed by atoms with Gasteiger partial charge in [0.15, 0.2) is 11.6 Å². The lowest BCUT2D eigenvalue weighted by atomic mass is 9.45. The molecule has 3 atom stereocenters. The van der Waals surface area contributed by atoms with E-state index in [1.165, 1.54) is 25.5 Å². The van der Waals surface area contributed by atoms with Crippen molar-refractivity contribution >= 4 is 5.91 Å². The topological polar surface area (TPSA) is 67.2 Å². The number of nitrogens with one attached hydrogen (secondary N) is 2. The molecule has 3 saturated carbocycles. The molecule has 0 aromatic carbocycles. The molecule has 1 aliphatic heterocycles. The van der Waals surface area contributed by atoms with Crippen LogP contribution in [0.25, 0.3) is 0 Å². The van der Waals surface area contributed by atoms with E-state index < -0.39 is 0 Å². The Morgan fingerprint density at radius 3 is 2.83 bits per heavy atom. The number of aromatic nitrogens is 1. The van der Waals surface area contributed by atoms with Gasteiger partial charge in [-0.3, -0.25) is 4.79 Å². The van der Waals surface area contributed by atoms with Gasteiger partial charge >= 0.3 is 0 Å². The van der Waals surface area contributed by atoms with Crippen LogP contribution < -0.4 is 10.6 Å². The number of carbonyl (C=O) groups is 1. The zero-order valence-corrected chi connectivity index (χ0v) is 14.8. The Morgan fingerprint density at radius 2 is 2.12 bits per heavy atom. The van der Waals surface area contributed by atoms with E-state index in [1.54, 1.807) is 0 Å². The van der Waals surface area contributed by atoms with Gasteiger partial charge in [-0.25, -0.2) is 4.98 Å². The third-order valence-electron chi connectivity index (χ3n) is 6.97. The van der Waals surface area contributed by atoms with Gasteiger partial charge in [0.25, 0.3) is 5.91 Å². The first-order valence-electron chi connectivity index (χ1n) is 9.50. The van der Waals surface area contributed by atoms with Gasteiger partial charge in [0, 0.05) is 12.5 Å². The minimum Gasteiger partial charge on any atom is -0.448 e. The Labute approximate surface area is 144 Å². The fourth-order valence-corrected chi connectivity index (χ4v) is 5.17. The van der Waals surface area contributed by atoms with Gasteiger partial charge in [0.1, 0.15) is 6.26 Å². The van der Waals surface area contributed by atoms with Crippen molar-refractivity contribution in [3.8, 4) is 0 Å².